The molecule has 7 heteroatoms. The van der Waals surface area contributed by atoms with Gasteiger partial charge in [-0.2, -0.15) is 0 Å². The van der Waals surface area contributed by atoms with Crippen LogP contribution in [0.15, 0.2) is 48.5 Å². The predicted octanol–water partition coefficient (Wildman–Crippen LogP) is 3.85. The molecule has 0 unspecified atom stereocenters. The van der Waals surface area contributed by atoms with Crippen LogP contribution in [0.3, 0.4) is 0 Å². The number of hydrogen-bond acceptors (Lipinski definition) is 5. The fourth-order valence-electron chi connectivity index (χ4n) is 2.55. The topological polar surface area (TPSA) is 84.0 Å². The van der Waals surface area contributed by atoms with Gasteiger partial charge in [-0.05, 0) is 48.2 Å². The summed E-state index contributed by atoms with van der Waals surface area (Å²) in [4.78, 5) is 24.5. The molecular weight excluding hydrogens is 372 g/mol. The molecule has 0 aliphatic heterocycles. The molecule has 1 aromatic heterocycles. The van der Waals surface area contributed by atoms with Crippen molar-refractivity contribution < 1.29 is 9.59 Å². The molecule has 0 spiro atoms. The van der Waals surface area contributed by atoms with Crippen LogP contribution in [0.4, 0.5) is 5.69 Å². The molecular formula is C21H22N4O2S. The molecule has 0 radical (unpaired) electrons. The maximum absolute atomic E-state index is 12.3. The zero-order valence-corrected chi connectivity index (χ0v) is 16.7. The molecule has 0 bridgehead atoms. The quantitative estimate of drug-likeness (QED) is 0.638. The standard InChI is InChI=1S/C21H22N4O2S/c1-3-14-5-7-15(8-6-14)13-22-19(26)16-9-11-17(12-10-16)23-20(27)21-25-24-18(4-2)28-21/h5-12H,3-4,13H2,1-2H3,(H,22,26)(H,23,27). The molecule has 2 aromatic carbocycles. The van der Waals surface area contributed by atoms with Crippen LogP contribution in [0.2, 0.25) is 0 Å². The summed E-state index contributed by atoms with van der Waals surface area (Å²) in [5.41, 5.74) is 3.46. The molecule has 2 N–H and O–H groups in total. The lowest BCUT2D eigenvalue weighted by atomic mass is 10.1. The third-order valence-corrected chi connectivity index (χ3v) is 5.32. The average Bonchev–Trinajstić information content (AvgIpc) is 3.22. The zero-order chi connectivity index (χ0) is 19.9. The summed E-state index contributed by atoms with van der Waals surface area (Å²) in [6, 6.07) is 15.0. The zero-order valence-electron chi connectivity index (χ0n) is 15.9. The third kappa shape index (κ3) is 5.01. The van der Waals surface area contributed by atoms with Gasteiger partial charge in [0.05, 0.1) is 0 Å². The predicted molar refractivity (Wildman–Crippen MR) is 111 cm³/mol. The van der Waals surface area contributed by atoms with Gasteiger partial charge in [0.2, 0.25) is 5.01 Å². The van der Waals surface area contributed by atoms with Crippen molar-refractivity contribution in [3.63, 3.8) is 0 Å². The highest BCUT2D eigenvalue weighted by Gasteiger charge is 2.13. The molecule has 0 saturated carbocycles. The van der Waals surface area contributed by atoms with Crippen molar-refractivity contribution in [2.24, 2.45) is 0 Å². The summed E-state index contributed by atoms with van der Waals surface area (Å²) < 4.78 is 0. The van der Waals surface area contributed by atoms with Gasteiger partial charge in [-0.3, -0.25) is 9.59 Å². The summed E-state index contributed by atoms with van der Waals surface area (Å²) in [5, 5.41) is 14.6. The normalized spacial score (nSPS) is 10.5. The van der Waals surface area contributed by atoms with Crippen molar-refractivity contribution in [3.8, 4) is 0 Å². The molecule has 0 saturated heterocycles. The number of carbonyl (C=O) groups is 2. The molecule has 1 heterocycles. The van der Waals surface area contributed by atoms with Crippen LogP contribution in [0, 0.1) is 0 Å². The van der Waals surface area contributed by atoms with Crippen LogP contribution in [0.25, 0.3) is 0 Å². The Labute approximate surface area is 168 Å². The minimum absolute atomic E-state index is 0.158. The SMILES string of the molecule is CCc1ccc(CNC(=O)c2ccc(NC(=O)c3nnc(CC)s3)cc2)cc1. The molecule has 0 aliphatic rings. The Balaban J connectivity index is 1.55. The van der Waals surface area contributed by atoms with Crippen LogP contribution in [-0.4, -0.2) is 22.0 Å². The molecule has 3 rings (SSSR count). The van der Waals surface area contributed by atoms with Gasteiger partial charge in [0.15, 0.2) is 0 Å². The fraction of sp³-hybridized carbons (Fsp3) is 0.238. The van der Waals surface area contributed by atoms with E-state index in [0.29, 0.717) is 22.8 Å². The number of amides is 2. The summed E-state index contributed by atoms with van der Waals surface area (Å²) >= 11 is 1.28. The lowest BCUT2D eigenvalue weighted by Crippen LogP contribution is -2.22. The van der Waals surface area contributed by atoms with E-state index in [0.717, 1.165) is 23.4 Å². The molecule has 3 aromatic rings. The van der Waals surface area contributed by atoms with E-state index in [-0.39, 0.29) is 11.8 Å². The van der Waals surface area contributed by atoms with Crippen LogP contribution in [0.5, 0.6) is 0 Å². The number of carbonyl (C=O) groups excluding carboxylic acids is 2. The Morgan fingerprint density at radius 1 is 0.857 bits per heavy atom. The molecule has 144 valence electrons. The summed E-state index contributed by atoms with van der Waals surface area (Å²) in [7, 11) is 0. The molecule has 0 aliphatic carbocycles. The monoisotopic (exact) mass is 394 g/mol. The minimum Gasteiger partial charge on any atom is -0.348 e. The van der Waals surface area contributed by atoms with Gasteiger partial charge in [-0.1, -0.05) is 49.4 Å². The van der Waals surface area contributed by atoms with E-state index in [9.17, 15) is 9.59 Å². The van der Waals surface area contributed by atoms with Crippen molar-refractivity contribution in [2.75, 3.05) is 5.32 Å². The van der Waals surface area contributed by atoms with E-state index in [2.05, 4.69) is 39.9 Å². The van der Waals surface area contributed by atoms with Crippen LogP contribution < -0.4 is 10.6 Å². The second-order valence-corrected chi connectivity index (χ2v) is 7.30. The van der Waals surface area contributed by atoms with Crippen molar-refractivity contribution in [3.05, 3.63) is 75.2 Å². The number of aryl methyl sites for hydroxylation is 2. The molecule has 2 amide bonds. The maximum atomic E-state index is 12.3. The Bertz CT molecular complexity index is 949. The largest absolute Gasteiger partial charge is 0.348 e. The van der Waals surface area contributed by atoms with Crippen LogP contribution in [0.1, 0.15) is 50.1 Å². The third-order valence-electron chi connectivity index (χ3n) is 4.25. The number of nitrogens with zero attached hydrogens (tertiary/aromatic N) is 2. The Morgan fingerprint density at radius 3 is 2.14 bits per heavy atom. The van der Waals surface area contributed by atoms with E-state index in [1.807, 2.05) is 19.1 Å². The second kappa shape index (κ2) is 9.23. The van der Waals surface area contributed by atoms with Gasteiger partial charge in [0.1, 0.15) is 5.01 Å². The van der Waals surface area contributed by atoms with Crippen LogP contribution in [-0.2, 0) is 19.4 Å². The first kappa shape index (κ1) is 19.7. The number of hydrogen-bond donors (Lipinski definition) is 2. The highest BCUT2D eigenvalue weighted by molar-refractivity contribution is 7.13. The number of anilines is 1. The van der Waals surface area contributed by atoms with Gasteiger partial charge < -0.3 is 10.6 Å². The molecule has 6 nitrogen and oxygen atoms in total. The van der Waals surface area contributed by atoms with E-state index in [4.69, 9.17) is 0 Å². The molecule has 0 atom stereocenters. The van der Waals surface area contributed by atoms with Gasteiger partial charge >= 0.3 is 0 Å². The first-order valence-electron chi connectivity index (χ1n) is 9.18. The number of benzene rings is 2. The van der Waals surface area contributed by atoms with E-state index >= 15 is 0 Å². The van der Waals surface area contributed by atoms with E-state index < -0.39 is 0 Å². The number of aromatic nitrogens is 2. The second-order valence-electron chi connectivity index (χ2n) is 6.24. The van der Waals surface area contributed by atoms with Gasteiger partial charge in [-0.15, -0.1) is 10.2 Å². The van der Waals surface area contributed by atoms with Crippen molar-refractivity contribution >= 4 is 28.8 Å². The molecule has 0 fully saturated rings. The van der Waals surface area contributed by atoms with Crippen molar-refractivity contribution in [1.29, 1.82) is 0 Å². The average molecular weight is 395 g/mol. The number of rotatable bonds is 7. The van der Waals surface area contributed by atoms with Crippen LogP contribution >= 0.6 is 11.3 Å². The highest BCUT2D eigenvalue weighted by Crippen LogP contribution is 2.15. The Morgan fingerprint density at radius 2 is 1.54 bits per heavy atom. The fourth-order valence-corrected chi connectivity index (χ4v) is 3.23. The maximum Gasteiger partial charge on any atom is 0.286 e. The lowest BCUT2D eigenvalue weighted by Gasteiger charge is -2.07. The Hall–Kier alpha value is -3.06. The summed E-state index contributed by atoms with van der Waals surface area (Å²) in [6.45, 7) is 4.55. The first-order valence-corrected chi connectivity index (χ1v) is 10.0. The van der Waals surface area contributed by atoms with Gasteiger partial charge in [0, 0.05) is 17.8 Å². The summed E-state index contributed by atoms with van der Waals surface area (Å²) in [5.74, 6) is -0.459. The minimum atomic E-state index is -0.301. The highest BCUT2D eigenvalue weighted by atomic mass is 32.1. The van der Waals surface area contributed by atoms with Gasteiger partial charge in [0.25, 0.3) is 11.8 Å². The lowest BCUT2D eigenvalue weighted by molar-refractivity contribution is 0.0950. The van der Waals surface area contributed by atoms with E-state index in [1.54, 1.807) is 24.3 Å². The van der Waals surface area contributed by atoms with Gasteiger partial charge in [-0.25, -0.2) is 0 Å². The smallest absolute Gasteiger partial charge is 0.286 e. The first-order chi connectivity index (χ1) is 13.6. The summed E-state index contributed by atoms with van der Waals surface area (Å²) in [6.07, 6.45) is 1.74. The number of nitrogens with one attached hydrogen (secondary N) is 2. The van der Waals surface area contributed by atoms with Crippen molar-refractivity contribution in [2.45, 2.75) is 33.2 Å². The van der Waals surface area contributed by atoms with E-state index in [1.165, 1.54) is 16.9 Å². The molecule has 28 heavy (non-hydrogen) atoms. The van der Waals surface area contributed by atoms with Crippen molar-refractivity contribution in [1.82, 2.24) is 15.5 Å². The Kier molecular flexibility index (Phi) is 6.49.